The van der Waals surface area contributed by atoms with E-state index >= 15 is 0 Å². The first-order chi connectivity index (χ1) is 16.4. The van der Waals surface area contributed by atoms with E-state index in [0.717, 1.165) is 30.6 Å². The van der Waals surface area contributed by atoms with Gasteiger partial charge in [-0.05, 0) is 37.1 Å². The Hall–Kier alpha value is -3.52. The Balaban J connectivity index is 1.69. The number of fused-ring (bicyclic) bond motifs is 1. The first kappa shape index (κ1) is 22.3. The van der Waals surface area contributed by atoms with Crippen molar-refractivity contribution in [2.75, 3.05) is 56.7 Å². The van der Waals surface area contributed by atoms with E-state index in [1.165, 1.54) is 11.0 Å². The molecule has 2 fully saturated rings. The summed E-state index contributed by atoms with van der Waals surface area (Å²) in [4.78, 5) is 31.9. The van der Waals surface area contributed by atoms with Gasteiger partial charge < -0.3 is 29.0 Å². The van der Waals surface area contributed by atoms with Gasteiger partial charge in [-0.1, -0.05) is 6.07 Å². The number of ether oxygens (including phenoxy) is 1. The summed E-state index contributed by atoms with van der Waals surface area (Å²) in [6.45, 7) is 3.27. The maximum Gasteiger partial charge on any atom is 0.253 e. The largest absolute Gasteiger partial charge is 0.508 e. The second-order valence-electron chi connectivity index (χ2n) is 9.06. The van der Waals surface area contributed by atoms with Crippen LogP contribution in [0, 0.1) is 0 Å². The molecule has 178 valence electrons. The number of hydrogen-bond donors (Lipinski definition) is 1. The quantitative estimate of drug-likeness (QED) is 0.635. The lowest BCUT2D eigenvalue weighted by Gasteiger charge is -2.29. The van der Waals surface area contributed by atoms with Crippen LogP contribution in [0.3, 0.4) is 0 Å². The third kappa shape index (κ3) is 4.09. The van der Waals surface area contributed by atoms with Crippen molar-refractivity contribution in [3.05, 3.63) is 63.8 Å². The molecule has 1 amide bonds. The number of phenols is 1. The fourth-order valence-electron chi connectivity index (χ4n) is 4.91. The highest BCUT2D eigenvalue weighted by Gasteiger charge is 2.31. The summed E-state index contributed by atoms with van der Waals surface area (Å²) in [6.07, 6.45) is 1.79. The van der Waals surface area contributed by atoms with E-state index in [0.29, 0.717) is 48.7 Å². The number of anilines is 2. The molecule has 8 heteroatoms. The van der Waals surface area contributed by atoms with Crippen LogP contribution in [0.5, 0.6) is 5.75 Å². The number of morpholine rings is 1. The molecule has 1 unspecified atom stereocenters. The molecule has 2 aromatic carbocycles. The van der Waals surface area contributed by atoms with Crippen LogP contribution in [0.1, 0.15) is 34.8 Å². The highest BCUT2D eigenvalue weighted by atomic mass is 16.5. The van der Waals surface area contributed by atoms with E-state index < -0.39 is 0 Å². The normalized spacial score (nSPS) is 18.5. The number of phenolic OH excluding ortho intramolecular Hbond substituents is 1. The van der Waals surface area contributed by atoms with Crippen molar-refractivity contribution in [1.82, 2.24) is 4.90 Å². The zero-order chi connectivity index (χ0) is 23.8. The molecule has 1 atom stereocenters. The van der Waals surface area contributed by atoms with Gasteiger partial charge in [-0.25, -0.2) is 0 Å². The molecule has 8 nitrogen and oxygen atoms in total. The number of nitrogens with zero attached hydrogens (tertiary/aromatic N) is 3. The molecule has 2 aliphatic heterocycles. The fourth-order valence-corrected chi connectivity index (χ4v) is 4.91. The number of rotatable bonds is 4. The van der Waals surface area contributed by atoms with Crippen molar-refractivity contribution in [3.63, 3.8) is 0 Å². The SMILES string of the molecule is CN(C)C(=O)c1cc(C2CCCN2c2cccc(O)c2)c2oc(N3CCOCC3)cc(=O)c2c1. The Kier molecular flexibility index (Phi) is 5.91. The van der Waals surface area contributed by atoms with Gasteiger partial charge in [0.15, 0.2) is 11.3 Å². The molecular weight excluding hydrogens is 434 g/mol. The minimum Gasteiger partial charge on any atom is -0.508 e. The molecule has 2 aliphatic rings. The van der Waals surface area contributed by atoms with Crippen molar-refractivity contribution >= 4 is 28.4 Å². The van der Waals surface area contributed by atoms with Crippen molar-refractivity contribution < 1.29 is 19.1 Å². The molecule has 1 aromatic heterocycles. The first-order valence-electron chi connectivity index (χ1n) is 11.6. The molecule has 1 N–H and O–H groups in total. The van der Waals surface area contributed by atoms with E-state index in [4.69, 9.17) is 9.15 Å². The van der Waals surface area contributed by atoms with E-state index in [1.807, 2.05) is 23.1 Å². The highest BCUT2D eigenvalue weighted by Crippen LogP contribution is 2.40. The van der Waals surface area contributed by atoms with E-state index in [1.54, 1.807) is 32.3 Å². The molecule has 0 radical (unpaired) electrons. The third-order valence-corrected chi connectivity index (χ3v) is 6.59. The van der Waals surface area contributed by atoms with Crippen molar-refractivity contribution in [3.8, 4) is 5.75 Å². The standard InChI is InChI=1S/C26H29N3O5/c1-27(2)26(32)17-13-20(22-7-4-8-29(22)18-5-3-6-19(30)15-18)25-21(14-17)23(31)16-24(34-25)28-9-11-33-12-10-28/h3,5-6,13-16,22,30H,4,7-12H2,1-2H3. The Morgan fingerprint density at radius 2 is 1.88 bits per heavy atom. The number of aromatic hydroxyl groups is 1. The first-order valence-corrected chi connectivity index (χ1v) is 11.6. The van der Waals surface area contributed by atoms with Gasteiger partial charge in [0.2, 0.25) is 0 Å². The van der Waals surface area contributed by atoms with Gasteiger partial charge in [-0.2, -0.15) is 0 Å². The zero-order valence-corrected chi connectivity index (χ0v) is 19.5. The molecule has 34 heavy (non-hydrogen) atoms. The maximum atomic E-state index is 13.3. The summed E-state index contributed by atoms with van der Waals surface area (Å²) in [5.74, 6) is 0.558. The summed E-state index contributed by atoms with van der Waals surface area (Å²) in [5.41, 5.74) is 2.52. The van der Waals surface area contributed by atoms with Gasteiger partial charge in [0, 0.05) is 62.7 Å². The molecule has 3 aromatic rings. The Morgan fingerprint density at radius 3 is 2.62 bits per heavy atom. The lowest BCUT2D eigenvalue weighted by Crippen LogP contribution is -2.36. The predicted molar refractivity (Wildman–Crippen MR) is 131 cm³/mol. The predicted octanol–water partition coefficient (Wildman–Crippen LogP) is 3.38. The molecule has 3 heterocycles. The number of amides is 1. The van der Waals surface area contributed by atoms with Gasteiger partial charge in [0.25, 0.3) is 5.91 Å². The Morgan fingerprint density at radius 1 is 1.09 bits per heavy atom. The minimum absolute atomic E-state index is 0.0951. The van der Waals surface area contributed by atoms with Crippen molar-refractivity contribution in [1.29, 1.82) is 0 Å². The summed E-state index contributed by atoms with van der Waals surface area (Å²) in [5, 5.41) is 10.4. The van der Waals surface area contributed by atoms with Gasteiger partial charge in [-0.3, -0.25) is 9.59 Å². The third-order valence-electron chi connectivity index (χ3n) is 6.59. The van der Waals surface area contributed by atoms with Gasteiger partial charge >= 0.3 is 0 Å². The average molecular weight is 464 g/mol. The number of benzene rings is 2. The minimum atomic E-state index is -0.167. The monoisotopic (exact) mass is 463 g/mol. The Bertz CT molecular complexity index is 1280. The molecule has 0 bridgehead atoms. The average Bonchev–Trinajstić information content (AvgIpc) is 3.33. The van der Waals surface area contributed by atoms with Crippen LogP contribution in [0.4, 0.5) is 11.6 Å². The summed E-state index contributed by atoms with van der Waals surface area (Å²) in [7, 11) is 3.40. The van der Waals surface area contributed by atoms with Crippen LogP contribution in [0.2, 0.25) is 0 Å². The molecule has 0 aliphatic carbocycles. The lowest BCUT2D eigenvalue weighted by molar-refractivity contribution is 0.0827. The lowest BCUT2D eigenvalue weighted by atomic mass is 9.97. The molecule has 0 saturated carbocycles. The smallest absolute Gasteiger partial charge is 0.253 e. The summed E-state index contributed by atoms with van der Waals surface area (Å²) < 4.78 is 11.8. The van der Waals surface area contributed by atoms with Gasteiger partial charge in [-0.15, -0.1) is 0 Å². The topological polar surface area (TPSA) is 86.5 Å². The highest BCUT2D eigenvalue weighted by molar-refractivity contribution is 5.98. The summed E-state index contributed by atoms with van der Waals surface area (Å²) in [6, 6.07) is 12.1. The van der Waals surface area contributed by atoms with Crippen LogP contribution < -0.4 is 15.2 Å². The van der Waals surface area contributed by atoms with Gasteiger partial charge in [0.05, 0.1) is 24.6 Å². The van der Waals surface area contributed by atoms with E-state index in [-0.39, 0.29) is 23.1 Å². The second-order valence-corrected chi connectivity index (χ2v) is 9.06. The van der Waals surface area contributed by atoms with Crippen molar-refractivity contribution in [2.24, 2.45) is 0 Å². The molecule has 2 saturated heterocycles. The van der Waals surface area contributed by atoms with E-state index in [9.17, 15) is 14.7 Å². The molecule has 5 rings (SSSR count). The zero-order valence-electron chi connectivity index (χ0n) is 19.5. The maximum absolute atomic E-state index is 13.3. The second kappa shape index (κ2) is 9.02. The number of carbonyl (C=O) groups excluding carboxylic acids is 1. The van der Waals surface area contributed by atoms with Crippen LogP contribution in [-0.4, -0.2) is 62.9 Å². The summed E-state index contributed by atoms with van der Waals surface area (Å²) >= 11 is 0. The van der Waals surface area contributed by atoms with Crippen LogP contribution in [-0.2, 0) is 4.74 Å². The fraction of sp³-hybridized carbons (Fsp3) is 0.385. The van der Waals surface area contributed by atoms with Crippen molar-refractivity contribution in [2.45, 2.75) is 18.9 Å². The molecule has 0 spiro atoms. The Labute approximate surface area is 197 Å². The number of hydrogen-bond acceptors (Lipinski definition) is 7. The van der Waals surface area contributed by atoms with Gasteiger partial charge in [0.1, 0.15) is 11.3 Å². The van der Waals surface area contributed by atoms with Crippen LogP contribution in [0.25, 0.3) is 11.0 Å². The van der Waals surface area contributed by atoms with Crippen LogP contribution >= 0.6 is 0 Å². The number of carbonyl (C=O) groups is 1. The van der Waals surface area contributed by atoms with Crippen LogP contribution in [0.15, 0.2) is 51.7 Å². The van der Waals surface area contributed by atoms with E-state index in [2.05, 4.69) is 4.90 Å². The molecular formula is C26H29N3O5.